The van der Waals surface area contributed by atoms with Gasteiger partial charge in [-0.25, -0.2) is 4.99 Å². The number of aromatic nitrogens is 4. The van der Waals surface area contributed by atoms with Crippen LogP contribution in [0.5, 0.6) is 0 Å². The number of carbonyl (C=O) groups is 1. The highest BCUT2D eigenvalue weighted by Gasteiger charge is 2.37. The van der Waals surface area contributed by atoms with E-state index in [2.05, 4.69) is 42.6 Å². The predicted octanol–water partition coefficient (Wildman–Crippen LogP) is 2.78. The zero-order chi connectivity index (χ0) is 25.8. The SMILES string of the molecule is C=C(N)/N=C\C(=C/N)c1ccc(C(C)(c2noc(-c3cnn(CC(=O)N(C)C)c3)n2)C(C)C)cc1. The highest BCUT2D eigenvalue weighted by atomic mass is 16.5. The summed E-state index contributed by atoms with van der Waals surface area (Å²) in [4.78, 5) is 22.2. The third-order valence-electron chi connectivity index (χ3n) is 6.09. The Bertz CT molecular complexity index is 1250. The molecule has 0 aliphatic carbocycles. The van der Waals surface area contributed by atoms with E-state index < -0.39 is 5.41 Å². The third-order valence-corrected chi connectivity index (χ3v) is 6.09. The van der Waals surface area contributed by atoms with Crippen molar-refractivity contribution >= 4 is 17.7 Å². The van der Waals surface area contributed by atoms with Gasteiger partial charge in [-0.2, -0.15) is 10.1 Å². The molecule has 0 aliphatic heterocycles. The fraction of sp³-hybridized carbons (Fsp3) is 0.320. The number of nitrogens with two attached hydrogens (primary N) is 2. The number of carbonyl (C=O) groups excluding carboxylic acids is 1. The Morgan fingerprint density at radius 2 is 2.00 bits per heavy atom. The van der Waals surface area contributed by atoms with Gasteiger partial charge in [0.15, 0.2) is 5.82 Å². The summed E-state index contributed by atoms with van der Waals surface area (Å²) in [6.07, 6.45) is 6.38. The van der Waals surface area contributed by atoms with Gasteiger partial charge in [-0.3, -0.25) is 9.48 Å². The van der Waals surface area contributed by atoms with Crippen LogP contribution in [0, 0.1) is 5.92 Å². The van der Waals surface area contributed by atoms with Crippen molar-refractivity contribution < 1.29 is 9.32 Å². The van der Waals surface area contributed by atoms with Gasteiger partial charge in [0, 0.05) is 38.3 Å². The van der Waals surface area contributed by atoms with Crippen LogP contribution in [-0.4, -0.2) is 51.0 Å². The number of rotatable bonds is 9. The molecule has 0 aliphatic rings. The summed E-state index contributed by atoms with van der Waals surface area (Å²) in [5.41, 5.74) is 14.1. The molecule has 1 unspecified atom stereocenters. The largest absolute Gasteiger partial charge is 0.404 e. The van der Waals surface area contributed by atoms with Crippen LogP contribution >= 0.6 is 0 Å². The molecule has 0 bridgehead atoms. The second kappa shape index (κ2) is 10.4. The summed E-state index contributed by atoms with van der Waals surface area (Å²) in [5.74, 6) is 1.21. The maximum atomic E-state index is 12.0. The Hall–Kier alpha value is -4.21. The molecule has 1 aromatic carbocycles. The second-order valence-corrected chi connectivity index (χ2v) is 8.94. The van der Waals surface area contributed by atoms with Crippen molar-refractivity contribution in [3.63, 3.8) is 0 Å². The van der Waals surface area contributed by atoms with Crippen molar-refractivity contribution in [1.82, 2.24) is 24.8 Å². The molecule has 10 heteroatoms. The lowest BCUT2D eigenvalue weighted by Crippen LogP contribution is -2.31. The van der Waals surface area contributed by atoms with Crippen molar-refractivity contribution in [2.45, 2.75) is 32.7 Å². The fourth-order valence-electron chi connectivity index (χ4n) is 3.49. The van der Waals surface area contributed by atoms with Gasteiger partial charge in [0.1, 0.15) is 12.4 Å². The number of nitrogens with zero attached hydrogens (tertiary/aromatic N) is 6. The zero-order valence-electron chi connectivity index (χ0n) is 20.8. The van der Waals surface area contributed by atoms with Gasteiger partial charge in [-0.1, -0.05) is 49.8 Å². The van der Waals surface area contributed by atoms with Gasteiger partial charge < -0.3 is 20.9 Å². The van der Waals surface area contributed by atoms with Crippen molar-refractivity contribution in [3.05, 3.63) is 72.2 Å². The molecule has 3 aromatic rings. The van der Waals surface area contributed by atoms with E-state index in [1.165, 1.54) is 11.1 Å². The van der Waals surface area contributed by atoms with Crippen LogP contribution in [-0.2, 0) is 16.8 Å². The summed E-state index contributed by atoms with van der Waals surface area (Å²) < 4.78 is 7.14. The maximum Gasteiger partial charge on any atom is 0.261 e. The van der Waals surface area contributed by atoms with Gasteiger partial charge >= 0.3 is 0 Å². The number of hydrogen-bond acceptors (Lipinski definition) is 8. The molecule has 0 fully saturated rings. The minimum absolute atomic E-state index is 0.0615. The van der Waals surface area contributed by atoms with E-state index in [0.29, 0.717) is 17.3 Å². The van der Waals surface area contributed by atoms with Crippen LogP contribution < -0.4 is 11.5 Å². The van der Waals surface area contributed by atoms with Crippen LogP contribution in [0.15, 0.2) is 64.8 Å². The smallest absolute Gasteiger partial charge is 0.261 e. The molecule has 1 atom stereocenters. The average Bonchev–Trinajstić information content (AvgIpc) is 3.49. The number of aliphatic imine (C=N–C) groups is 1. The van der Waals surface area contributed by atoms with E-state index in [0.717, 1.165) is 16.7 Å². The summed E-state index contributed by atoms with van der Waals surface area (Å²) in [7, 11) is 3.41. The first-order valence-electron chi connectivity index (χ1n) is 11.1. The maximum absolute atomic E-state index is 12.0. The van der Waals surface area contributed by atoms with Crippen molar-refractivity contribution in [1.29, 1.82) is 0 Å². The van der Waals surface area contributed by atoms with Crippen molar-refractivity contribution in [2.75, 3.05) is 14.1 Å². The molecule has 35 heavy (non-hydrogen) atoms. The predicted molar refractivity (Wildman–Crippen MR) is 136 cm³/mol. The van der Waals surface area contributed by atoms with Crippen molar-refractivity contribution in [3.8, 4) is 11.5 Å². The second-order valence-electron chi connectivity index (χ2n) is 8.94. The number of likely N-dealkylation sites (N-methyl/N-ethyl adjacent to an activating group) is 1. The Kier molecular flexibility index (Phi) is 7.53. The van der Waals surface area contributed by atoms with Gasteiger partial charge in [-0.15, -0.1) is 0 Å². The first-order valence-corrected chi connectivity index (χ1v) is 11.1. The monoisotopic (exact) mass is 476 g/mol. The normalized spacial score (nSPS) is 13.8. The quantitative estimate of drug-likeness (QED) is 0.452. The molecule has 10 nitrogen and oxygen atoms in total. The summed E-state index contributed by atoms with van der Waals surface area (Å²) in [5, 5.41) is 8.55. The molecule has 0 spiro atoms. The molecule has 2 heterocycles. The number of benzene rings is 1. The lowest BCUT2D eigenvalue weighted by molar-refractivity contribution is -0.129. The van der Waals surface area contributed by atoms with E-state index in [1.807, 2.05) is 24.3 Å². The molecule has 4 N–H and O–H groups in total. The summed E-state index contributed by atoms with van der Waals surface area (Å²) in [6.45, 7) is 10.0. The van der Waals surface area contributed by atoms with E-state index in [4.69, 9.17) is 21.0 Å². The minimum atomic E-state index is -0.524. The van der Waals surface area contributed by atoms with Crippen molar-refractivity contribution in [2.24, 2.45) is 22.4 Å². The van der Waals surface area contributed by atoms with Crippen LogP contribution in [0.3, 0.4) is 0 Å². The number of amides is 1. The zero-order valence-corrected chi connectivity index (χ0v) is 20.8. The molecule has 2 aromatic heterocycles. The van der Waals surface area contributed by atoms with Gasteiger partial charge in [0.25, 0.3) is 5.89 Å². The van der Waals surface area contributed by atoms with Gasteiger partial charge in [0.05, 0.1) is 17.2 Å². The van der Waals surface area contributed by atoms with E-state index >= 15 is 0 Å². The first-order chi connectivity index (χ1) is 16.6. The molecular formula is C25H32N8O2. The van der Waals surface area contributed by atoms with Crippen LogP contribution in [0.1, 0.15) is 37.7 Å². The molecule has 0 radical (unpaired) electrons. The molecular weight excluding hydrogens is 444 g/mol. The van der Waals surface area contributed by atoms with Gasteiger partial charge in [-0.05, 0) is 24.0 Å². The lowest BCUT2D eigenvalue weighted by Gasteiger charge is -2.31. The summed E-state index contributed by atoms with van der Waals surface area (Å²) >= 11 is 0. The molecule has 184 valence electrons. The highest BCUT2D eigenvalue weighted by Crippen LogP contribution is 2.38. The molecule has 0 saturated heterocycles. The van der Waals surface area contributed by atoms with E-state index in [1.54, 1.807) is 37.4 Å². The van der Waals surface area contributed by atoms with E-state index in [9.17, 15) is 4.79 Å². The Labute approximate surface area is 205 Å². The lowest BCUT2D eigenvalue weighted by atomic mass is 9.72. The van der Waals surface area contributed by atoms with Crippen LogP contribution in [0.4, 0.5) is 0 Å². The topological polar surface area (TPSA) is 141 Å². The number of allylic oxidation sites excluding steroid dienone is 1. The minimum Gasteiger partial charge on any atom is -0.404 e. The highest BCUT2D eigenvalue weighted by molar-refractivity contribution is 6.09. The third kappa shape index (κ3) is 5.48. The molecule has 0 saturated carbocycles. The first kappa shape index (κ1) is 25.4. The van der Waals surface area contributed by atoms with Crippen LogP contribution in [0.2, 0.25) is 0 Å². The summed E-state index contributed by atoms with van der Waals surface area (Å²) in [6, 6.07) is 7.97. The number of hydrogen-bond donors (Lipinski definition) is 2. The molecule has 1 amide bonds. The Morgan fingerprint density at radius 3 is 2.57 bits per heavy atom. The average molecular weight is 477 g/mol. The van der Waals surface area contributed by atoms with E-state index in [-0.39, 0.29) is 24.2 Å². The van der Waals surface area contributed by atoms with Crippen LogP contribution in [0.25, 0.3) is 17.0 Å². The Morgan fingerprint density at radius 1 is 1.31 bits per heavy atom. The molecule has 3 rings (SSSR count). The standard InChI is InChI=1S/C25H32N8O2/c1-16(2)25(4,21-9-7-18(8-10-21)19(11-26)12-28-17(3)27)24-30-23(35-31-24)20-13-29-33(14-20)15-22(34)32(5)6/h7-14,16H,3,15,26-27H2,1-2,4-6H3/b19-11+,28-12-. The van der Waals surface area contributed by atoms with Gasteiger partial charge in [0.2, 0.25) is 5.91 Å². The fourth-order valence-corrected chi connectivity index (χ4v) is 3.49. The Balaban J connectivity index is 1.90.